The van der Waals surface area contributed by atoms with Crippen LogP contribution in [0.3, 0.4) is 0 Å². The molecular formula is C12H23N3OS. The van der Waals surface area contributed by atoms with Crippen LogP contribution in [0.1, 0.15) is 34.6 Å². The number of nitrogens with one attached hydrogen (secondary N) is 2. The number of aliphatic imine (C=N–C) groups is 1. The molecule has 0 atom stereocenters. The van der Waals surface area contributed by atoms with E-state index in [2.05, 4.69) is 29.5 Å². The fourth-order valence-electron chi connectivity index (χ4n) is 1.37. The number of nitrogens with zero attached hydrogens (tertiary/aromatic N) is 1. The summed E-state index contributed by atoms with van der Waals surface area (Å²) < 4.78 is 0. The molecule has 0 saturated heterocycles. The number of thioether (sulfide) groups is 1. The minimum Gasteiger partial charge on any atom is -0.356 e. The average Bonchev–Trinajstić information content (AvgIpc) is 2.13. The van der Waals surface area contributed by atoms with E-state index in [0.717, 1.165) is 17.5 Å². The maximum Gasteiger partial charge on any atom is 0.239 e. The first-order valence-corrected chi connectivity index (χ1v) is 6.89. The number of hydrogen-bond acceptors (Lipinski definition) is 4. The van der Waals surface area contributed by atoms with E-state index >= 15 is 0 Å². The van der Waals surface area contributed by atoms with Crippen LogP contribution in [0.5, 0.6) is 0 Å². The molecule has 1 aliphatic heterocycles. The first-order chi connectivity index (χ1) is 7.68. The van der Waals surface area contributed by atoms with Gasteiger partial charge in [0.1, 0.15) is 0 Å². The molecule has 0 saturated carbocycles. The summed E-state index contributed by atoms with van der Waals surface area (Å²) in [5.74, 6) is 1.05. The molecule has 1 rings (SSSR count). The van der Waals surface area contributed by atoms with Crippen molar-refractivity contribution in [1.29, 1.82) is 0 Å². The van der Waals surface area contributed by atoms with Gasteiger partial charge in [-0.25, -0.2) is 0 Å². The van der Waals surface area contributed by atoms with Gasteiger partial charge in [0, 0.05) is 17.8 Å². The summed E-state index contributed by atoms with van der Waals surface area (Å²) in [6.45, 7) is 11.4. The summed E-state index contributed by atoms with van der Waals surface area (Å²) in [5, 5.41) is 6.87. The molecule has 0 aromatic carbocycles. The van der Waals surface area contributed by atoms with Gasteiger partial charge < -0.3 is 10.6 Å². The van der Waals surface area contributed by atoms with Crippen LogP contribution < -0.4 is 10.6 Å². The van der Waals surface area contributed by atoms with E-state index in [9.17, 15) is 4.79 Å². The fraction of sp³-hybridized carbons (Fsp3) is 0.833. The van der Waals surface area contributed by atoms with Crippen molar-refractivity contribution in [1.82, 2.24) is 10.6 Å². The monoisotopic (exact) mass is 257 g/mol. The highest BCUT2D eigenvalue weighted by molar-refractivity contribution is 8.13. The van der Waals surface area contributed by atoms with Crippen LogP contribution in [0.4, 0.5) is 0 Å². The predicted octanol–water partition coefficient (Wildman–Crippen LogP) is 1.62. The highest BCUT2D eigenvalue weighted by atomic mass is 32.2. The molecule has 0 radical (unpaired) electrons. The highest BCUT2D eigenvalue weighted by Gasteiger charge is 2.23. The smallest absolute Gasteiger partial charge is 0.239 e. The summed E-state index contributed by atoms with van der Waals surface area (Å²) in [5.41, 5.74) is 0.0891. The van der Waals surface area contributed by atoms with Crippen molar-refractivity contribution in [3.63, 3.8) is 0 Å². The van der Waals surface area contributed by atoms with Crippen molar-refractivity contribution < 1.29 is 4.79 Å². The van der Waals surface area contributed by atoms with Gasteiger partial charge in [0.05, 0.1) is 6.54 Å². The molecule has 4 nitrogen and oxygen atoms in total. The molecule has 0 unspecified atom stereocenters. The van der Waals surface area contributed by atoms with Gasteiger partial charge in [-0.15, -0.1) is 0 Å². The van der Waals surface area contributed by atoms with Gasteiger partial charge in [0.15, 0.2) is 5.17 Å². The molecule has 0 fully saturated rings. The minimum absolute atomic E-state index is 0.00522. The molecule has 0 bridgehead atoms. The SMILES string of the molecule is CC1(C)CN=C(NCC(=O)NC(C)(C)C)SC1. The highest BCUT2D eigenvalue weighted by Crippen LogP contribution is 2.26. The Kier molecular flexibility index (Phi) is 4.47. The number of hydrogen-bond donors (Lipinski definition) is 2. The zero-order valence-corrected chi connectivity index (χ0v) is 12.2. The average molecular weight is 257 g/mol. The van der Waals surface area contributed by atoms with Crippen LogP contribution in [0.25, 0.3) is 0 Å². The normalized spacial score (nSPS) is 19.5. The van der Waals surface area contributed by atoms with Crippen LogP contribution >= 0.6 is 11.8 Å². The van der Waals surface area contributed by atoms with Gasteiger partial charge >= 0.3 is 0 Å². The first kappa shape index (κ1) is 14.4. The Morgan fingerprint density at radius 3 is 2.59 bits per heavy atom. The molecule has 17 heavy (non-hydrogen) atoms. The van der Waals surface area contributed by atoms with E-state index in [1.54, 1.807) is 11.8 Å². The summed E-state index contributed by atoms with van der Waals surface area (Å²) >= 11 is 1.69. The second-order valence-electron chi connectivity index (χ2n) is 6.23. The summed E-state index contributed by atoms with van der Waals surface area (Å²) in [7, 11) is 0. The molecule has 0 aromatic heterocycles. The fourth-order valence-corrected chi connectivity index (χ4v) is 2.31. The third kappa shape index (κ3) is 5.96. The Balaban J connectivity index is 2.33. The van der Waals surface area contributed by atoms with Crippen molar-refractivity contribution in [2.24, 2.45) is 10.4 Å². The Morgan fingerprint density at radius 2 is 2.12 bits per heavy atom. The maximum absolute atomic E-state index is 11.6. The van der Waals surface area contributed by atoms with Crippen molar-refractivity contribution in [2.45, 2.75) is 40.2 Å². The van der Waals surface area contributed by atoms with E-state index < -0.39 is 0 Å². The van der Waals surface area contributed by atoms with Gasteiger partial charge in [0.2, 0.25) is 5.91 Å². The lowest BCUT2D eigenvalue weighted by molar-refractivity contribution is -0.121. The molecule has 2 N–H and O–H groups in total. The van der Waals surface area contributed by atoms with Crippen molar-refractivity contribution in [3.05, 3.63) is 0 Å². The maximum atomic E-state index is 11.6. The van der Waals surface area contributed by atoms with Gasteiger partial charge in [0.25, 0.3) is 0 Å². The van der Waals surface area contributed by atoms with Crippen molar-refractivity contribution in [3.8, 4) is 0 Å². The Hall–Kier alpha value is -0.710. The number of rotatable bonds is 2. The number of carbonyl (C=O) groups excluding carboxylic acids is 1. The summed E-state index contributed by atoms with van der Waals surface area (Å²) in [4.78, 5) is 16.0. The number of amides is 1. The topological polar surface area (TPSA) is 53.5 Å². The second-order valence-corrected chi connectivity index (χ2v) is 7.19. The third-order valence-corrected chi connectivity index (χ3v) is 3.64. The lowest BCUT2D eigenvalue weighted by atomic mass is 9.97. The first-order valence-electron chi connectivity index (χ1n) is 5.90. The zero-order chi connectivity index (χ0) is 13.1. The molecule has 0 aromatic rings. The summed E-state index contributed by atoms with van der Waals surface area (Å²) in [6.07, 6.45) is 0. The van der Waals surface area contributed by atoms with Gasteiger partial charge in [-0.3, -0.25) is 9.79 Å². The standard InChI is InChI=1S/C12H23N3OS/c1-11(2,3)15-9(16)6-13-10-14-7-12(4,5)8-17-10/h6-8H2,1-5H3,(H,13,14)(H,15,16). The molecule has 98 valence electrons. The molecular weight excluding hydrogens is 234 g/mol. The van der Waals surface area contributed by atoms with E-state index in [1.165, 1.54) is 0 Å². The minimum atomic E-state index is -0.178. The van der Waals surface area contributed by atoms with Gasteiger partial charge in [-0.2, -0.15) is 0 Å². The number of carbonyl (C=O) groups is 1. The van der Waals surface area contributed by atoms with E-state index in [4.69, 9.17) is 0 Å². The van der Waals surface area contributed by atoms with Gasteiger partial charge in [-0.1, -0.05) is 25.6 Å². The molecule has 5 heteroatoms. The number of amidine groups is 1. The lowest BCUT2D eigenvalue weighted by Crippen LogP contribution is -2.46. The Labute approximate surface area is 108 Å². The van der Waals surface area contributed by atoms with Crippen LogP contribution in [0.2, 0.25) is 0 Å². The summed E-state index contributed by atoms with van der Waals surface area (Å²) in [6, 6.07) is 0. The molecule has 1 aliphatic rings. The van der Waals surface area contributed by atoms with Crippen LogP contribution in [-0.2, 0) is 4.79 Å². The zero-order valence-electron chi connectivity index (χ0n) is 11.4. The lowest BCUT2D eigenvalue weighted by Gasteiger charge is -2.27. The molecule has 0 aliphatic carbocycles. The second kappa shape index (κ2) is 5.29. The van der Waals surface area contributed by atoms with Crippen molar-refractivity contribution in [2.75, 3.05) is 18.8 Å². The largest absolute Gasteiger partial charge is 0.356 e. The van der Waals surface area contributed by atoms with Crippen molar-refractivity contribution >= 4 is 22.8 Å². The van der Waals surface area contributed by atoms with Crippen LogP contribution in [-0.4, -0.2) is 35.5 Å². The van der Waals surface area contributed by atoms with E-state index in [1.807, 2.05) is 20.8 Å². The molecule has 1 heterocycles. The van der Waals surface area contributed by atoms with Gasteiger partial charge in [-0.05, 0) is 26.2 Å². The predicted molar refractivity (Wildman–Crippen MR) is 74.4 cm³/mol. The molecule has 1 amide bonds. The van der Waals surface area contributed by atoms with E-state index in [-0.39, 0.29) is 16.9 Å². The van der Waals surface area contributed by atoms with Crippen LogP contribution in [0.15, 0.2) is 4.99 Å². The third-order valence-electron chi connectivity index (χ3n) is 2.16. The molecule has 0 spiro atoms. The quantitative estimate of drug-likeness (QED) is 0.790. The Bertz CT molecular complexity index is 318. The van der Waals surface area contributed by atoms with E-state index in [0.29, 0.717) is 6.54 Å². The van der Waals surface area contributed by atoms with Crippen LogP contribution in [0, 0.1) is 5.41 Å². The Morgan fingerprint density at radius 1 is 1.47 bits per heavy atom.